The molecule has 5 N–H and O–H groups in total. The fourth-order valence-electron chi connectivity index (χ4n) is 4.59. The van der Waals surface area contributed by atoms with Crippen molar-refractivity contribution in [3.8, 4) is 33.9 Å². The minimum Gasteiger partial charge on any atom is -0.374 e. The van der Waals surface area contributed by atoms with Gasteiger partial charge in [-0.1, -0.05) is 6.92 Å². The molecule has 1 atom stereocenters. The highest BCUT2D eigenvalue weighted by Crippen LogP contribution is 2.33. The second-order valence-corrected chi connectivity index (χ2v) is 11.7. The maximum absolute atomic E-state index is 14.6. The molecule has 0 aliphatic rings. The number of anilines is 1. The summed E-state index contributed by atoms with van der Waals surface area (Å²) in [6, 6.07) is 8.07. The van der Waals surface area contributed by atoms with E-state index in [-0.39, 0.29) is 6.54 Å². The lowest BCUT2D eigenvalue weighted by molar-refractivity contribution is 0.199. The van der Waals surface area contributed by atoms with Crippen LogP contribution >= 0.6 is 0 Å². The Morgan fingerprint density at radius 3 is 2.64 bits per heavy atom. The molecule has 5 heterocycles. The largest absolute Gasteiger partial charge is 0.374 e. The number of aliphatic hydroxyl groups is 1. The highest BCUT2D eigenvalue weighted by Gasteiger charge is 2.18. The van der Waals surface area contributed by atoms with E-state index in [1.807, 2.05) is 19.1 Å². The number of halogens is 1. The Hall–Kier alpha value is -4.79. The van der Waals surface area contributed by atoms with Gasteiger partial charge < -0.3 is 15.4 Å². The highest BCUT2D eigenvalue weighted by atomic mass is 32.2. The molecule has 214 valence electrons. The van der Waals surface area contributed by atoms with E-state index in [0.717, 1.165) is 17.2 Å². The molecule has 0 amide bonds. The predicted octanol–water partition coefficient (Wildman–Crippen LogP) is 3.95. The third-order valence-electron chi connectivity index (χ3n) is 6.63. The number of aromatic nitrogens is 7. The fourth-order valence-corrected chi connectivity index (χ4v) is 5.02. The van der Waals surface area contributed by atoms with Crippen LogP contribution in [0.2, 0.25) is 0 Å². The number of nitrogens with zero attached hydrogens (tertiary/aromatic N) is 5. The first-order valence-electron chi connectivity index (χ1n) is 13.0. The summed E-state index contributed by atoms with van der Waals surface area (Å²) >= 11 is 0. The maximum atomic E-state index is 14.6. The number of aromatic amines is 2. The molecule has 0 saturated carbocycles. The zero-order valence-corrected chi connectivity index (χ0v) is 23.4. The van der Waals surface area contributed by atoms with Crippen LogP contribution in [0.25, 0.3) is 55.8 Å². The van der Waals surface area contributed by atoms with Crippen molar-refractivity contribution in [3.63, 3.8) is 0 Å². The van der Waals surface area contributed by atoms with Gasteiger partial charge in [-0.15, -0.1) is 0 Å². The Labute approximate surface area is 239 Å². The van der Waals surface area contributed by atoms with E-state index in [1.165, 1.54) is 12.1 Å². The molecule has 6 rings (SSSR count). The molecule has 42 heavy (non-hydrogen) atoms. The molecule has 0 radical (unpaired) electrons. The Morgan fingerprint density at radius 2 is 1.83 bits per heavy atom. The summed E-state index contributed by atoms with van der Waals surface area (Å²) in [5.74, 6) is -0.0421. The van der Waals surface area contributed by atoms with Crippen LogP contribution in [0.1, 0.15) is 18.9 Å². The number of imidazole rings is 1. The second-order valence-electron chi connectivity index (χ2n) is 9.83. The molecule has 0 aliphatic heterocycles. The zero-order valence-electron chi connectivity index (χ0n) is 22.6. The van der Waals surface area contributed by atoms with Gasteiger partial charge in [0.1, 0.15) is 17.7 Å². The lowest BCUT2D eigenvalue weighted by Gasteiger charge is -2.12. The summed E-state index contributed by atoms with van der Waals surface area (Å²) in [5, 5.41) is 21.2. The SMILES string of the molecule is CCC(O)Nc1cncc(-c2cc3c(-c4nc5c(-c6cc(F)cc(CNS(C)(=O)=O)c6)cncc5[nH]4)n[nH]c3cn2)c1. The van der Waals surface area contributed by atoms with Crippen molar-refractivity contribution >= 4 is 37.6 Å². The van der Waals surface area contributed by atoms with Crippen molar-refractivity contribution in [2.24, 2.45) is 0 Å². The number of H-pyrrole nitrogens is 2. The van der Waals surface area contributed by atoms with Crippen molar-refractivity contribution < 1.29 is 17.9 Å². The summed E-state index contributed by atoms with van der Waals surface area (Å²) < 4.78 is 40.0. The van der Waals surface area contributed by atoms with Crippen LogP contribution in [-0.2, 0) is 16.6 Å². The van der Waals surface area contributed by atoms with Gasteiger partial charge in [0.2, 0.25) is 10.0 Å². The van der Waals surface area contributed by atoms with Crippen molar-refractivity contribution in [2.45, 2.75) is 26.1 Å². The number of fused-ring (bicyclic) bond motifs is 2. The number of rotatable bonds is 9. The van der Waals surface area contributed by atoms with Gasteiger partial charge in [-0.3, -0.25) is 20.1 Å². The third kappa shape index (κ3) is 5.68. The van der Waals surface area contributed by atoms with E-state index in [2.05, 4.69) is 40.2 Å². The molecule has 0 fully saturated rings. The predicted molar refractivity (Wildman–Crippen MR) is 157 cm³/mol. The topological polar surface area (TPSA) is 174 Å². The number of hydrogen-bond donors (Lipinski definition) is 5. The maximum Gasteiger partial charge on any atom is 0.209 e. The number of aliphatic hydroxyl groups excluding tert-OH is 1. The minimum atomic E-state index is -3.45. The molecule has 0 bridgehead atoms. The third-order valence-corrected chi connectivity index (χ3v) is 7.30. The lowest BCUT2D eigenvalue weighted by Crippen LogP contribution is -2.21. The van der Waals surface area contributed by atoms with Crippen LogP contribution in [0.5, 0.6) is 0 Å². The van der Waals surface area contributed by atoms with E-state index in [9.17, 15) is 17.9 Å². The quantitative estimate of drug-likeness (QED) is 0.157. The molecule has 0 spiro atoms. The van der Waals surface area contributed by atoms with Crippen LogP contribution in [0, 0.1) is 5.82 Å². The fraction of sp³-hybridized carbons (Fsp3) is 0.179. The average molecular weight is 588 g/mol. The van der Waals surface area contributed by atoms with Gasteiger partial charge in [0.05, 0.1) is 52.8 Å². The van der Waals surface area contributed by atoms with Crippen LogP contribution in [-0.4, -0.2) is 61.1 Å². The number of benzene rings is 1. The van der Waals surface area contributed by atoms with E-state index in [4.69, 9.17) is 4.98 Å². The van der Waals surface area contributed by atoms with Gasteiger partial charge >= 0.3 is 0 Å². The summed E-state index contributed by atoms with van der Waals surface area (Å²) in [7, 11) is -3.45. The lowest BCUT2D eigenvalue weighted by atomic mass is 10.0. The monoisotopic (exact) mass is 587 g/mol. The van der Waals surface area contributed by atoms with Crippen molar-refractivity contribution in [1.29, 1.82) is 0 Å². The molecule has 6 aromatic rings. The Kier molecular flexibility index (Phi) is 7.10. The molecule has 12 nitrogen and oxygen atoms in total. The van der Waals surface area contributed by atoms with E-state index in [1.54, 1.807) is 37.1 Å². The van der Waals surface area contributed by atoms with Crippen molar-refractivity contribution in [2.75, 3.05) is 11.6 Å². The molecular weight excluding hydrogens is 561 g/mol. The van der Waals surface area contributed by atoms with Gasteiger partial charge in [0.25, 0.3) is 0 Å². The molecule has 0 saturated heterocycles. The first-order chi connectivity index (χ1) is 20.2. The van der Waals surface area contributed by atoms with Crippen LogP contribution in [0.15, 0.2) is 61.3 Å². The van der Waals surface area contributed by atoms with Crippen LogP contribution < -0.4 is 10.0 Å². The van der Waals surface area contributed by atoms with Gasteiger partial charge in [-0.05, 0) is 47.9 Å². The number of hydrogen-bond acceptors (Lipinski definition) is 9. The molecule has 14 heteroatoms. The standard InChI is InChI=1S/C28H26FN9O3S/c1-3-25(39)34-19-7-17(10-30-11-19)22-8-20-23(14-32-22)37-38-27(20)28-35-24-13-31-12-21(26(24)36-28)16-4-15(5-18(29)6-16)9-33-42(2,40)41/h4-8,10-14,25,33-34,39H,3,9H2,1-2H3,(H,35,36)(H,37,38). The summed E-state index contributed by atoms with van der Waals surface area (Å²) in [4.78, 5) is 21.2. The second kappa shape index (κ2) is 10.9. The summed E-state index contributed by atoms with van der Waals surface area (Å²) in [5.41, 5.74) is 6.02. The van der Waals surface area contributed by atoms with E-state index < -0.39 is 22.1 Å². The normalized spacial score (nSPS) is 12.7. The van der Waals surface area contributed by atoms with E-state index in [0.29, 0.717) is 62.6 Å². The molecular formula is C28H26FN9O3S. The van der Waals surface area contributed by atoms with Gasteiger partial charge in [-0.25, -0.2) is 22.5 Å². The van der Waals surface area contributed by atoms with Gasteiger partial charge in [0, 0.05) is 35.5 Å². The Bertz CT molecular complexity index is 2040. The van der Waals surface area contributed by atoms with Crippen molar-refractivity contribution in [1.82, 2.24) is 39.8 Å². The zero-order chi connectivity index (χ0) is 29.4. The first kappa shape index (κ1) is 27.4. The van der Waals surface area contributed by atoms with Crippen LogP contribution in [0.3, 0.4) is 0 Å². The molecule has 1 unspecified atom stereocenters. The first-order valence-corrected chi connectivity index (χ1v) is 14.9. The van der Waals surface area contributed by atoms with Crippen LogP contribution in [0.4, 0.5) is 10.1 Å². The number of sulfonamides is 1. The summed E-state index contributed by atoms with van der Waals surface area (Å²) in [6.07, 6.45) is 9.11. The van der Waals surface area contributed by atoms with Gasteiger partial charge in [0.15, 0.2) is 5.82 Å². The highest BCUT2D eigenvalue weighted by molar-refractivity contribution is 7.88. The smallest absolute Gasteiger partial charge is 0.209 e. The Morgan fingerprint density at radius 1 is 1.00 bits per heavy atom. The average Bonchev–Trinajstić information content (AvgIpc) is 3.59. The minimum absolute atomic E-state index is 0.0535. The summed E-state index contributed by atoms with van der Waals surface area (Å²) in [6.45, 7) is 1.82. The molecule has 1 aromatic carbocycles. The van der Waals surface area contributed by atoms with E-state index >= 15 is 0 Å². The number of nitrogens with one attached hydrogen (secondary N) is 4. The molecule has 5 aromatic heterocycles. The van der Waals surface area contributed by atoms with Crippen molar-refractivity contribution in [3.05, 3.63) is 72.7 Å². The van der Waals surface area contributed by atoms with Gasteiger partial charge in [-0.2, -0.15) is 5.10 Å². The Balaban J connectivity index is 1.38. The number of pyridine rings is 3. The molecule has 0 aliphatic carbocycles.